The zero-order valence-corrected chi connectivity index (χ0v) is 11.2. The van der Waals surface area contributed by atoms with Crippen LogP contribution in [0.1, 0.15) is 38.7 Å². The molecule has 0 heterocycles. The lowest BCUT2D eigenvalue weighted by Gasteiger charge is -2.25. The molecule has 0 bridgehead atoms. The number of rotatable bonds is 5. The van der Waals surface area contributed by atoms with Crippen molar-refractivity contribution in [3.8, 4) is 0 Å². The smallest absolute Gasteiger partial charge is 0.244 e. The molecular formula is C15H22N2O. The molecule has 0 aromatic heterocycles. The summed E-state index contributed by atoms with van der Waals surface area (Å²) in [4.78, 5) is 12.2. The number of nitrogens with one attached hydrogen (secondary N) is 1. The summed E-state index contributed by atoms with van der Waals surface area (Å²) >= 11 is 0. The van der Waals surface area contributed by atoms with Crippen LogP contribution in [-0.2, 0) is 10.3 Å². The molecule has 1 aliphatic rings. The normalized spacial score (nSPS) is 19.9. The summed E-state index contributed by atoms with van der Waals surface area (Å²) in [6.07, 6.45) is 3.56. The van der Waals surface area contributed by atoms with Crippen LogP contribution in [-0.4, -0.2) is 12.5 Å². The van der Waals surface area contributed by atoms with E-state index in [0.29, 0.717) is 5.41 Å². The number of amides is 1. The maximum atomic E-state index is 12.2. The second kappa shape index (κ2) is 4.73. The summed E-state index contributed by atoms with van der Waals surface area (Å²) in [5, 5.41) is 3.01. The molecule has 98 valence electrons. The predicted octanol–water partition coefficient (Wildman–Crippen LogP) is 2.17. The highest BCUT2D eigenvalue weighted by molar-refractivity contribution is 5.87. The van der Waals surface area contributed by atoms with Crippen LogP contribution in [0.2, 0.25) is 0 Å². The van der Waals surface area contributed by atoms with Gasteiger partial charge >= 0.3 is 0 Å². The van der Waals surface area contributed by atoms with Gasteiger partial charge in [0.05, 0.1) is 0 Å². The first kappa shape index (κ1) is 13.1. The number of benzene rings is 1. The van der Waals surface area contributed by atoms with Crippen LogP contribution in [0, 0.1) is 5.41 Å². The van der Waals surface area contributed by atoms with E-state index in [1.165, 1.54) is 12.8 Å². The van der Waals surface area contributed by atoms with Gasteiger partial charge in [-0.1, -0.05) is 37.3 Å². The van der Waals surface area contributed by atoms with E-state index in [1.54, 1.807) is 6.92 Å². The topological polar surface area (TPSA) is 55.1 Å². The molecule has 0 aliphatic heterocycles. The Labute approximate surface area is 109 Å². The third kappa shape index (κ3) is 2.56. The molecule has 0 saturated heterocycles. The van der Waals surface area contributed by atoms with Gasteiger partial charge in [-0.2, -0.15) is 0 Å². The molecule has 3 nitrogen and oxygen atoms in total. The minimum atomic E-state index is -0.953. The lowest BCUT2D eigenvalue weighted by atomic mass is 9.92. The molecule has 1 aromatic rings. The third-order valence-corrected chi connectivity index (χ3v) is 4.18. The van der Waals surface area contributed by atoms with E-state index >= 15 is 0 Å². The van der Waals surface area contributed by atoms with Crippen LogP contribution in [0.4, 0.5) is 0 Å². The molecule has 18 heavy (non-hydrogen) atoms. The average molecular weight is 246 g/mol. The maximum absolute atomic E-state index is 12.2. The lowest BCUT2D eigenvalue weighted by molar-refractivity contribution is -0.126. The Morgan fingerprint density at radius 3 is 2.50 bits per heavy atom. The Hall–Kier alpha value is -1.35. The van der Waals surface area contributed by atoms with E-state index in [0.717, 1.165) is 18.5 Å². The van der Waals surface area contributed by atoms with Crippen LogP contribution < -0.4 is 11.1 Å². The highest BCUT2D eigenvalue weighted by Crippen LogP contribution is 2.47. The number of carbonyl (C=O) groups is 1. The van der Waals surface area contributed by atoms with Crippen LogP contribution in [0.25, 0.3) is 0 Å². The molecular weight excluding hydrogens is 224 g/mol. The van der Waals surface area contributed by atoms with Crippen LogP contribution >= 0.6 is 0 Å². The fourth-order valence-electron chi connectivity index (χ4n) is 2.20. The number of hydrogen-bond donors (Lipinski definition) is 2. The Morgan fingerprint density at radius 2 is 2.00 bits per heavy atom. The Bertz CT molecular complexity index is 421. The summed E-state index contributed by atoms with van der Waals surface area (Å²) in [6, 6.07) is 9.52. The molecule has 3 heteroatoms. The van der Waals surface area contributed by atoms with E-state index in [-0.39, 0.29) is 5.91 Å². The van der Waals surface area contributed by atoms with Crippen molar-refractivity contribution in [1.82, 2.24) is 5.32 Å². The number of nitrogens with two attached hydrogens (primary N) is 1. The maximum Gasteiger partial charge on any atom is 0.244 e. The second-order valence-electron chi connectivity index (χ2n) is 5.60. The zero-order chi connectivity index (χ0) is 13.2. The van der Waals surface area contributed by atoms with Crippen molar-refractivity contribution < 1.29 is 4.79 Å². The standard InChI is InChI=1S/C15H22N2O/c1-3-15(9-10-15)11-17-13(18)14(2,16)12-7-5-4-6-8-12/h4-8H,3,9-11,16H2,1-2H3,(H,17,18). The van der Waals surface area contributed by atoms with Gasteiger partial charge < -0.3 is 11.1 Å². The molecule has 1 unspecified atom stereocenters. The van der Waals surface area contributed by atoms with Crippen LogP contribution in [0.15, 0.2) is 30.3 Å². The van der Waals surface area contributed by atoms with Crippen molar-refractivity contribution in [2.45, 2.75) is 38.6 Å². The van der Waals surface area contributed by atoms with Gasteiger partial charge in [0.1, 0.15) is 5.54 Å². The van der Waals surface area contributed by atoms with E-state index in [2.05, 4.69) is 12.2 Å². The van der Waals surface area contributed by atoms with Crippen molar-refractivity contribution in [1.29, 1.82) is 0 Å². The van der Waals surface area contributed by atoms with Crippen molar-refractivity contribution in [3.63, 3.8) is 0 Å². The molecule has 1 aliphatic carbocycles. The number of hydrogen-bond acceptors (Lipinski definition) is 2. The quantitative estimate of drug-likeness (QED) is 0.836. The van der Waals surface area contributed by atoms with Crippen LogP contribution in [0.3, 0.4) is 0 Å². The molecule has 1 fully saturated rings. The van der Waals surface area contributed by atoms with Crippen molar-refractivity contribution in [2.75, 3.05) is 6.54 Å². The third-order valence-electron chi connectivity index (χ3n) is 4.18. The van der Waals surface area contributed by atoms with E-state index in [4.69, 9.17) is 5.73 Å². The summed E-state index contributed by atoms with van der Waals surface area (Å²) in [5.41, 5.74) is 6.41. The molecule has 0 radical (unpaired) electrons. The summed E-state index contributed by atoms with van der Waals surface area (Å²) in [6.45, 7) is 4.70. The van der Waals surface area contributed by atoms with Gasteiger partial charge in [0.15, 0.2) is 0 Å². The van der Waals surface area contributed by atoms with Crippen molar-refractivity contribution in [3.05, 3.63) is 35.9 Å². The fourth-order valence-corrected chi connectivity index (χ4v) is 2.20. The second-order valence-corrected chi connectivity index (χ2v) is 5.60. The van der Waals surface area contributed by atoms with Gasteiger partial charge in [0.25, 0.3) is 0 Å². The highest BCUT2D eigenvalue weighted by Gasteiger charge is 2.42. The first-order valence-electron chi connectivity index (χ1n) is 6.63. The molecule has 1 saturated carbocycles. The van der Waals surface area contributed by atoms with E-state index < -0.39 is 5.54 Å². The predicted molar refractivity (Wildman–Crippen MR) is 72.9 cm³/mol. The SMILES string of the molecule is CCC1(CNC(=O)C(C)(N)c2ccccc2)CC1. The fraction of sp³-hybridized carbons (Fsp3) is 0.533. The average Bonchev–Trinajstić information content (AvgIpc) is 3.17. The summed E-state index contributed by atoms with van der Waals surface area (Å²) in [5.74, 6) is -0.0894. The van der Waals surface area contributed by atoms with E-state index in [9.17, 15) is 4.79 Å². The molecule has 2 rings (SSSR count). The first-order valence-corrected chi connectivity index (χ1v) is 6.63. The minimum Gasteiger partial charge on any atom is -0.354 e. The Morgan fingerprint density at radius 1 is 1.39 bits per heavy atom. The summed E-state index contributed by atoms with van der Waals surface area (Å²) in [7, 11) is 0. The molecule has 0 spiro atoms. The molecule has 1 atom stereocenters. The largest absolute Gasteiger partial charge is 0.354 e. The Kier molecular flexibility index (Phi) is 3.44. The van der Waals surface area contributed by atoms with Crippen molar-refractivity contribution in [2.24, 2.45) is 11.1 Å². The van der Waals surface area contributed by atoms with E-state index in [1.807, 2.05) is 30.3 Å². The monoisotopic (exact) mass is 246 g/mol. The van der Waals surface area contributed by atoms with Crippen molar-refractivity contribution >= 4 is 5.91 Å². The van der Waals surface area contributed by atoms with Gasteiger partial charge in [0, 0.05) is 6.54 Å². The minimum absolute atomic E-state index is 0.0894. The lowest BCUT2D eigenvalue weighted by Crippen LogP contribution is -2.50. The molecule has 1 amide bonds. The van der Waals surface area contributed by atoms with Gasteiger partial charge in [-0.25, -0.2) is 0 Å². The Balaban J connectivity index is 1.99. The summed E-state index contributed by atoms with van der Waals surface area (Å²) < 4.78 is 0. The van der Waals surface area contributed by atoms with Gasteiger partial charge in [-0.3, -0.25) is 4.79 Å². The highest BCUT2D eigenvalue weighted by atomic mass is 16.2. The van der Waals surface area contributed by atoms with Gasteiger partial charge in [-0.05, 0) is 37.2 Å². The molecule has 1 aromatic carbocycles. The zero-order valence-electron chi connectivity index (χ0n) is 11.2. The molecule has 3 N–H and O–H groups in total. The van der Waals surface area contributed by atoms with Gasteiger partial charge in [0.2, 0.25) is 5.91 Å². The number of carbonyl (C=O) groups excluding carboxylic acids is 1. The van der Waals surface area contributed by atoms with Gasteiger partial charge in [-0.15, -0.1) is 0 Å². The first-order chi connectivity index (χ1) is 8.50. The van der Waals surface area contributed by atoms with Crippen LogP contribution in [0.5, 0.6) is 0 Å².